The Morgan fingerprint density at radius 3 is 2.06 bits per heavy atom. The number of rotatable bonds is 4. The number of alkyl halides is 6. The molecule has 0 aliphatic rings. The Morgan fingerprint density at radius 1 is 0.938 bits per heavy atom. The summed E-state index contributed by atoms with van der Waals surface area (Å²) < 4.78 is 82.1. The Labute approximate surface area is 174 Å². The standard InChI is InChI=1S/C19H11F6N3O4/c20-18(21,22)9-5-10(19(23,24)25)7-11(6-9)26-14(29)8-32-17(31)15-12-3-1-2-4-13(12)16(30)28-27-15/h1-7H,8H2,(H,26,29)(H,28,30). The highest BCUT2D eigenvalue weighted by molar-refractivity contribution is 6.03. The molecular formula is C19H11F6N3O4. The van der Waals surface area contributed by atoms with Gasteiger partial charge in [-0.3, -0.25) is 9.59 Å². The molecule has 0 atom stereocenters. The Bertz CT molecular complexity index is 1220. The van der Waals surface area contributed by atoms with Crippen molar-refractivity contribution in [2.45, 2.75) is 12.4 Å². The largest absolute Gasteiger partial charge is 0.451 e. The van der Waals surface area contributed by atoms with Crippen molar-refractivity contribution in [2.75, 3.05) is 11.9 Å². The van der Waals surface area contributed by atoms with Crippen LogP contribution >= 0.6 is 0 Å². The molecule has 0 spiro atoms. The first-order chi connectivity index (χ1) is 14.9. The summed E-state index contributed by atoms with van der Waals surface area (Å²) in [7, 11) is 0. The molecule has 3 aromatic rings. The Balaban J connectivity index is 1.76. The van der Waals surface area contributed by atoms with Crippen LogP contribution in [0.15, 0.2) is 47.3 Å². The molecule has 0 radical (unpaired) electrons. The van der Waals surface area contributed by atoms with Crippen LogP contribution in [0.4, 0.5) is 32.0 Å². The lowest BCUT2D eigenvalue weighted by molar-refractivity contribution is -0.143. The number of anilines is 1. The molecule has 2 aromatic carbocycles. The molecule has 1 aromatic heterocycles. The van der Waals surface area contributed by atoms with Gasteiger partial charge in [0.1, 0.15) is 0 Å². The van der Waals surface area contributed by atoms with Crippen molar-refractivity contribution in [1.29, 1.82) is 0 Å². The fraction of sp³-hybridized carbons (Fsp3) is 0.158. The van der Waals surface area contributed by atoms with Crippen molar-refractivity contribution in [1.82, 2.24) is 10.2 Å². The van der Waals surface area contributed by atoms with Crippen LogP contribution in [0.25, 0.3) is 10.8 Å². The van der Waals surface area contributed by atoms with Gasteiger partial charge >= 0.3 is 18.3 Å². The maximum Gasteiger partial charge on any atom is 0.416 e. The molecular weight excluding hydrogens is 448 g/mol. The molecule has 13 heteroatoms. The third-order valence-corrected chi connectivity index (χ3v) is 4.10. The van der Waals surface area contributed by atoms with Gasteiger partial charge in [0.05, 0.1) is 16.5 Å². The van der Waals surface area contributed by atoms with Gasteiger partial charge in [0, 0.05) is 11.1 Å². The van der Waals surface area contributed by atoms with Gasteiger partial charge in [-0.1, -0.05) is 18.2 Å². The van der Waals surface area contributed by atoms with Gasteiger partial charge < -0.3 is 10.1 Å². The second-order valence-corrected chi connectivity index (χ2v) is 6.37. The molecule has 168 valence electrons. The number of H-pyrrole nitrogens is 1. The second-order valence-electron chi connectivity index (χ2n) is 6.37. The summed E-state index contributed by atoms with van der Waals surface area (Å²) in [6.07, 6.45) is -10.2. The maximum atomic E-state index is 12.9. The van der Waals surface area contributed by atoms with Gasteiger partial charge in [-0.2, -0.15) is 31.4 Å². The molecule has 1 amide bonds. The number of nitrogens with one attached hydrogen (secondary N) is 2. The van der Waals surface area contributed by atoms with Gasteiger partial charge in [0.2, 0.25) is 0 Å². The molecule has 0 aliphatic heterocycles. The molecule has 0 bridgehead atoms. The lowest BCUT2D eigenvalue weighted by Gasteiger charge is -2.14. The quantitative estimate of drug-likeness (QED) is 0.457. The monoisotopic (exact) mass is 459 g/mol. The minimum atomic E-state index is -5.09. The number of hydrogen-bond donors (Lipinski definition) is 2. The number of benzene rings is 2. The number of hydrogen-bond acceptors (Lipinski definition) is 5. The smallest absolute Gasteiger partial charge is 0.416 e. The third kappa shape index (κ3) is 5.04. The van der Waals surface area contributed by atoms with Gasteiger partial charge in [0.25, 0.3) is 11.5 Å². The van der Waals surface area contributed by atoms with Gasteiger partial charge in [0.15, 0.2) is 12.3 Å². The van der Waals surface area contributed by atoms with E-state index in [1.54, 1.807) is 0 Å². The van der Waals surface area contributed by atoms with Gasteiger partial charge in [-0.05, 0) is 24.3 Å². The number of halogens is 6. The van der Waals surface area contributed by atoms with Crippen LogP contribution in [-0.4, -0.2) is 28.7 Å². The summed E-state index contributed by atoms with van der Waals surface area (Å²) in [5.41, 5.74) is -4.96. The van der Waals surface area contributed by atoms with E-state index < -0.39 is 53.2 Å². The highest BCUT2D eigenvalue weighted by Crippen LogP contribution is 2.37. The summed E-state index contributed by atoms with van der Waals surface area (Å²) in [6.45, 7) is -1.04. The number of fused-ring (bicyclic) bond motifs is 1. The number of esters is 1. The van der Waals surface area contributed by atoms with E-state index in [9.17, 15) is 40.7 Å². The SMILES string of the molecule is O=C(COC(=O)c1n[nH]c(=O)c2ccccc12)Nc1cc(C(F)(F)F)cc(C(F)(F)F)c1. The molecule has 2 N–H and O–H groups in total. The highest BCUT2D eigenvalue weighted by Gasteiger charge is 2.37. The van der Waals surface area contributed by atoms with E-state index in [1.807, 2.05) is 5.32 Å². The zero-order valence-corrected chi connectivity index (χ0v) is 15.6. The van der Waals surface area contributed by atoms with E-state index >= 15 is 0 Å². The number of carbonyl (C=O) groups excluding carboxylic acids is 2. The minimum absolute atomic E-state index is 0.0946. The normalized spacial score (nSPS) is 11.9. The number of aromatic nitrogens is 2. The molecule has 0 aliphatic carbocycles. The molecule has 7 nitrogen and oxygen atoms in total. The van der Waals surface area contributed by atoms with Crippen LogP contribution < -0.4 is 10.9 Å². The van der Waals surface area contributed by atoms with Crippen molar-refractivity contribution in [2.24, 2.45) is 0 Å². The topological polar surface area (TPSA) is 101 Å². The average Bonchev–Trinajstić information content (AvgIpc) is 2.71. The van der Waals surface area contributed by atoms with Crippen LogP contribution in [0.1, 0.15) is 21.6 Å². The van der Waals surface area contributed by atoms with E-state index in [1.165, 1.54) is 24.3 Å². The van der Waals surface area contributed by atoms with Gasteiger partial charge in [-0.25, -0.2) is 9.89 Å². The fourth-order valence-corrected chi connectivity index (χ4v) is 2.69. The molecule has 0 fully saturated rings. The molecule has 0 saturated heterocycles. The number of amides is 1. The third-order valence-electron chi connectivity index (χ3n) is 4.10. The summed E-state index contributed by atoms with van der Waals surface area (Å²) in [4.78, 5) is 35.9. The van der Waals surface area contributed by atoms with Crippen LogP contribution in [0.3, 0.4) is 0 Å². The van der Waals surface area contributed by atoms with Crippen LogP contribution in [0.2, 0.25) is 0 Å². The van der Waals surface area contributed by atoms with Crippen molar-refractivity contribution in [3.05, 3.63) is 69.6 Å². The highest BCUT2D eigenvalue weighted by atomic mass is 19.4. The Hall–Kier alpha value is -3.90. The van der Waals surface area contributed by atoms with E-state index in [4.69, 9.17) is 4.74 Å². The van der Waals surface area contributed by atoms with Crippen molar-refractivity contribution < 1.29 is 40.7 Å². The van der Waals surface area contributed by atoms with E-state index in [0.717, 1.165) is 0 Å². The lowest BCUT2D eigenvalue weighted by Crippen LogP contribution is -2.23. The van der Waals surface area contributed by atoms with E-state index in [-0.39, 0.29) is 22.5 Å². The summed E-state index contributed by atoms with van der Waals surface area (Å²) >= 11 is 0. The molecule has 0 saturated carbocycles. The first-order valence-electron chi connectivity index (χ1n) is 8.60. The first-order valence-corrected chi connectivity index (χ1v) is 8.60. The fourth-order valence-electron chi connectivity index (χ4n) is 2.69. The lowest BCUT2D eigenvalue weighted by atomic mass is 10.1. The van der Waals surface area contributed by atoms with Gasteiger partial charge in [-0.15, -0.1) is 0 Å². The van der Waals surface area contributed by atoms with Crippen molar-refractivity contribution >= 4 is 28.3 Å². The van der Waals surface area contributed by atoms with Crippen molar-refractivity contribution in [3.63, 3.8) is 0 Å². The average molecular weight is 459 g/mol. The predicted molar refractivity (Wildman–Crippen MR) is 97.7 cm³/mol. The van der Waals surface area contributed by atoms with Crippen LogP contribution in [0, 0.1) is 0 Å². The van der Waals surface area contributed by atoms with E-state index in [2.05, 4.69) is 10.2 Å². The van der Waals surface area contributed by atoms with E-state index in [0.29, 0.717) is 12.1 Å². The zero-order chi connectivity index (χ0) is 23.7. The zero-order valence-electron chi connectivity index (χ0n) is 15.6. The number of nitrogens with zero attached hydrogens (tertiary/aromatic N) is 1. The first kappa shape index (κ1) is 22.8. The van der Waals surface area contributed by atoms with Crippen molar-refractivity contribution in [3.8, 4) is 0 Å². The summed E-state index contributed by atoms with van der Waals surface area (Å²) in [6, 6.07) is 6.38. The van der Waals surface area contributed by atoms with Crippen LogP contribution in [-0.2, 0) is 21.9 Å². The molecule has 0 unspecified atom stereocenters. The van der Waals surface area contributed by atoms with Crippen LogP contribution in [0.5, 0.6) is 0 Å². The predicted octanol–water partition coefficient (Wildman–Crippen LogP) is 3.76. The second kappa shape index (κ2) is 8.32. The Kier molecular flexibility index (Phi) is 5.92. The maximum absolute atomic E-state index is 12.9. The number of aromatic amines is 1. The number of ether oxygens (including phenoxy) is 1. The molecule has 32 heavy (non-hydrogen) atoms. The summed E-state index contributed by atoms with van der Waals surface area (Å²) in [5.74, 6) is -2.34. The Morgan fingerprint density at radius 2 is 1.50 bits per heavy atom. The molecule has 1 heterocycles. The number of carbonyl (C=O) groups is 2. The summed E-state index contributed by atoms with van der Waals surface area (Å²) in [5, 5.41) is 7.68. The molecule has 3 rings (SSSR count). The minimum Gasteiger partial charge on any atom is -0.451 e.